The van der Waals surface area contributed by atoms with E-state index in [4.69, 9.17) is 4.74 Å². The molecule has 0 radical (unpaired) electrons. The first kappa shape index (κ1) is 16.1. The Balaban J connectivity index is 2.53. The molecule has 2 nitrogen and oxygen atoms in total. The molecular weight excluding hydrogens is 326 g/mol. The van der Waals surface area contributed by atoms with Crippen molar-refractivity contribution >= 4 is 15.9 Å². The molecule has 3 heteroatoms. The summed E-state index contributed by atoms with van der Waals surface area (Å²) in [4.78, 5) is 0. The lowest BCUT2D eigenvalue weighted by Gasteiger charge is -2.23. The van der Waals surface area contributed by atoms with Gasteiger partial charge in [-0.05, 0) is 49.7 Å². The highest BCUT2D eigenvalue weighted by Gasteiger charge is 2.19. The molecule has 0 spiro atoms. The number of halogens is 1. The van der Waals surface area contributed by atoms with E-state index in [0.29, 0.717) is 6.61 Å². The lowest BCUT2D eigenvalue weighted by atomic mass is 9.93. The van der Waals surface area contributed by atoms with Gasteiger partial charge in [0.05, 0.1) is 12.6 Å². The predicted octanol–water partition coefficient (Wildman–Crippen LogP) is 4.72. The van der Waals surface area contributed by atoms with Crippen molar-refractivity contribution in [1.82, 2.24) is 5.32 Å². The first-order valence-corrected chi connectivity index (χ1v) is 8.17. The van der Waals surface area contributed by atoms with Crippen molar-refractivity contribution in [2.75, 3.05) is 13.7 Å². The lowest BCUT2D eigenvalue weighted by Crippen LogP contribution is -2.20. The number of nitrogens with one attached hydrogen (secondary N) is 1. The topological polar surface area (TPSA) is 21.3 Å². The third-order valence-corrected chi connectivity index (χ3v) is 4.11. The minimum atomic E-state index is 0.125. The standard InChI is InChI=1S/C18H22BrNO/c1-4-13-8-6-7-9-15(13)18(20-3)16-12-14(19)10-11-17(16)21-5-2/h6-12,18,20H,4-5H2,1-3H3. The monoisotopic (exact) mass is 347 g/mol. The van der Waals surface area contributed by atoms with Crippen LogP contribution in [0.1, 0.15) is 36.6 Å². The first-order chi connectivity index (χ1) is 10.2. The van der Waals surface area contributed by atoms with Gasteiger partial charge < -0.3 is 10.1 Å². The Morgan fingerprint density at radius 2 is 1.86 bits per heavy atom. The molecule has 0 saturated heterocycles. The van der Waals surface area contributed by atoms with E-state index in [1.54, 1.807) is 0 Å². The molecule has 21 heavy (non-hydrogen) atoms. The molecule has 1 N–H and O–H groups in total. The number of hydrogen-bond acceptors (Lipinski definition) is 2. The molecule has 0 aliphatic heterocycles. The normalized spacial score (nSPS) is 12.2. The van der Waals surface area contributed by atoms with Gasteiger partial charge in [0, 0.05) is 10.0 Å². The van der Waals surface area contributed by atoms with Gasteiger partial charge in [0.25, 0.3) is 0 Å². The van der Waals surface area contributed by atoms with Crippen LogP contribution in [0.3, 0.4) is 0 Å². The summed E-state index contributed by atoms with van der Waals surface area (Å²) in [5.41, 5.74) is 3.83. The lowest BCUT2D eigenvalue weighted by molar-refractivity contribution is 0.334. The third-order valence-electron chi connectivity index (χ3n) is 3.62. The average molecular weight is 348 g/mol. The van der Waals surface area contributed by atoms with Crippen LogP contribution in [0, 0.1) is 0 Å². The molecule has 0 bridgehead atoms. The van der Waals surface area contributed by atoms with Gasteiger partial charge in [-0.1, -0.05) is 47.1 Å². The second-order valence-electron chi connectivity index (χ2n) is 4.89. The van der Waals surface area contributed by atoms with E-state index in [2.05, 4.69) is 58.5 Å². The van der Waals surface area contributed by atoms with Gasteiger partial charge in [-0.25, -0.2) is 0 Å². The van der Waals surface area contributed by atoms with Gasteiger partial charge in [-0.2, -0.15) is 0 Å². The maximum absolute atomic E-state index is 5.81. The highest BCUT2D eigenvalue weighted by Crippen LogP contribution is 2.34. The van der Waals surface area contributed by atoms with Gasteiger partial charge in [0.2, 0.25) is 0 Å². The minimum Gasteiger partial charge on any atom is -0.494 e. The first-order valence-electron chi connectivity index (χ1n) is 7.38. The van der Waals surface area contributed by atoms with E-state index in [1.807, 2.05) is 26.1 Å². The largest absolute Gasteiger partial charge is 0.494 e. The van der Waals surface area contributed by atoms with Crippen LogP contribution < -0.4 is 10.1 Å². The van der Waals surface area contributed by atoms with E-state index < -0.39 is 0 Å². The van der Waals surface area contributed by atoms with Gasteiger partial charge in [0.15, 0.2) is 0 Å². The van der Waals surface area contributed by atoms with Crippen molar-refractivity contribution in [1.29, 1.82) is 0 Å². The van der Waals surface area contributed by atoms with Crippen molar-refractivity contribution in [3.8, 4) is 5.75 Å². The summed E-state index contributed by atoms with van der Waals surface area (Å²) < 4.78 is 6.87. The Bertz CT molecular complexity index is 598. The van der Waals surface area contributed by atoms with Crippen LogP contribution in [0.4, 0.5) is 0 Å². The van der Waals surface area contributed by atoms with E-state index in [1.165, 1.54) is 11.1 Å². The Morgan fingerprint density at radius 3 is 2.52 bits per heavy atom. The van der Waals surface area contributed by atoms with E-state index in [-0.39, 0.29) is 6.04 Å². The van der Waals surface area contributed by atoms with E-state index >= 15 is 0 Å². The molecule has 1 atom stereocenters. The molecule has 112 valence electrons. The summed E-state index contributed by atoms with van der Waals surface area (Å²) in [6, 6.07) is 14.9. The van der Waals surface area contributed by atoms with Crippen LogP contribution >= 0.6 is 15.9 Å². The number of ether oxygens (including phenoxy) is 1. The zero-order valence-electron chi connectivity index (χ0n) is 12.8. The maximum Gasteiger partial charge on any atom is 0.124 e. The van der Waals surface area contributed by atoms with Gasteiger partial charge in [-0.3, -0.25) is 0 Å². The summed E-state index contributed by atoms with van der Waals surface area (Å²) in [6.07, 6.45) is 1.02. The molecule has 2 rings (SSSR count). The van der Waals surface area contributed by atoms with Crippen molar-refractivity contribution < 1.29 is 4.74 Å². The van der Waals surface area contributed by atoms with Crippen LogP contribution in [-0.4, -0.2) is 13.7 Å². The number of rotatable bonds is 6. The molecule has 0 aliphatic rings. The SMILES string of the molecule is CCOc1ccc(Br)cc1C(NC)c1ccccc1CC. The summed E-state index contributed by atoms with van der Waals surface area (Å²) in [5.74, 6) is 0.936. The molecular formula is C18H22BrNO. The Hall–Kier alpha value is -1.32. The summed E-state index contributed by atoms with van der Waals surface area (Å²) >= 11 is 3.57. The van der Waals surface area contributed by atoms with E-state index in [9.17, 15) is 0 Å². The molecule has 0 saturated carbocycles. The zero-order chi connectivity index (χ0) is 15.2. The van der Waals surface area contributed by atoms with Gasteiger partial charge in [-0.15, -0.1) is 0 Å². The minimum absolute atomic E-state index is 0.125. The Morgan fingerprint density at radius 1 is 1.10 bits per heavy atom. The van der Waals surface area contributed by atoms with Crippen molar-refractivity contribution in [2.24, 2.45) is 0 Å². The summed E-state index contributed by atoms with van der Waals surface area (Å²) in [6.45, 7) is 4.87. The molecule has 0 aromatic heterocycles. The highest BCUT2D eigenvalue weighted by atomic mass is 79.9. The highest BCUT2D eigenvalue weighted by molar-refractivity contribution is 9.10. The summed E-state index contributed by atoms with van der Waals surface area (Å²) in [7, 11) is 1.99. The summed E-state index contributed by atoms with van der Waals surface area (Å²) in [5, 5.41) is 3.43. The molecule has 2 aromatic rings. The maximum atomic E-state index is 5.81. The van der Waals surface area contributed by atoms with Gasteiger partial charge >= 0.3 is 0 Å². The second kappa shape index (κ2) is 7.62. The molecule has 0 fully saturated rings. The Kier molecular flexibility index (Phi) is 5.83. The average Bonchev–Trinajstić information content (AvgIpc) is 2.51. The fraction of sp³-hybridized carbons (Fsp3) is 0.333. The second-order valence-corrected chi connectivity index (χ2v) is 5.80. The van der Waals surface area contributed by atoms with Crippen LogP contribution in [-0.2, 0) is 6.42 Å². The number of hydrogen-bond donors (Lipinski definition) is 1. The number of aryl methyl sites for hydroxylation is 1. The fourth-order valence-corrected chi connectivity index (χ4v) is 3.03. The van der Waals surface area contributed by atoms with Gasteiger partial charge in [0.1, 0.15) is 5.75 Å². The third kappa shape index (κ3) is 3.66. The van der Waals surface area contributed by atoms with Crippen molar-refractivity contribution in [3.05, 3.63) is 63.6 Å². The zero-order valence-corrected chi connectivity index (χ0v) is 14.4. The molecule has 1 unspecified atom stereocenters. The van der Waals surface area contributed by atoms with Crippen molar-refractivity contribution in [2.45, 2.75) is 26.3 Å². The molecule has 0 heterocycles. The smallest absolute Gasteiger partial charge is 0.124 e. The fourth-order valence-electron chi connectivity index (χ4n) is 2.65. The quantitative estimate of drug-likeness (QED) is 0.816. The Labute approximate surface area is 135 Å². The number of benzene rings is 2. The molecule has 2 aromatic carbocycles. The van der Waals surface area contributed by atoms with Crippen LogP contribution in [0.2, 0.25) is 0 Å². The van der Waals surface area contributed by atoms with Crippen LogP contribution in [0.5, 0.6) is 5.75 Å². The molecule has 0 amide bonds. The predicted molar refractivity (Wildman–Crippen MR) is 92.0 cm³/mol. The van der Waals surface area contributed by atoms with Crippen molar-refractivity contribution in [3.63, 3.8) is 0 Å². The van der Waals surface area contributed by atoms with E-state index in [0.717, 1.165) is 22.2 Å². The van der Waals surface area contributed by atoms with Crippen LogP contribution in [0.25, 0.3) is 0 Å². The molecule has 0 aliphatic carbocycles. The van der Waals surface area contributed by atoms with Crippen LogP contribution in [0.15, 0.2) is 46.9 Å².